The number of hydrogen-bond acceptors (Lipinski definition) is 5. The van der Waals surface area contributed by atoms with Gasteiger partial charge in [-0.25, -0.2) is 4.39 Å². The number of carbonyl (C=O) groups excluding carboxylic acids is 1. The van der Waals surface area contributed by atoms with Crippen molar-refractivity contribution in [1.82, 2.24) is 4.90 Å². The lowest BCUT2D eigenvalue weighted by atomic mass is 9.95. The molecule has 3 aromatic rings. The SMILES string of the molecule is COc1cc(F)ccc1N1CCN(C(C)c2ccc3c(c2)CCCN3C(=O)Cc2ccsc2)CC1. The van der Waals surface area contributed by atoms with Gasteiger partial charge in [0.05, 0.1) is 19.2 Å². The van der Waals surface area contributed by atoms with Gasteiger partial charge < -0.3 is 14.5 Å². The normalized spacial score (nSPS) is 17.2. The lowest BCUT2D eigenvalue weighted by Crippen LogP contribution is -2.47. The van der Waals surface area contributed by atoms with Crippen LogP contribution in [0.2, 0.25) is 0 Å². The van der Waals surface area contributed by atoms with Crippen molar-refractivity contribution in [3.8, 4) is 5.75 Å². The van der Waals surface area contributed by atoms with E-state index >= 15 is 0 Å². The molecule has 0 saturated carbocycles. The van der Waals surface area contributed by atoms with Gasteiger partial charge in [-0.05, 0) is 71.5 Å². The molecule has 5 nitrogen and oxygen atoms in total. The fraction of sp³-hybridized carbons (Fsp3) is 0.393. The Hall–Kier alpha value is -2.90. The number of rotatable bonds is 6. The van der Waals surface area contributed by atoms with Gasteiger partial charge >= 0.3 is 0 Å². The van der Waals surface area contributed by atoms with Crippen molar-refractivity contribution in [2.24, 2.45) is 0 Å². The van der Waals surface area contributed by atoms with E-state index in [0.717, 1.165) is 62.5 Å². The van der Waals surface area contributed by atoms with E-state index in [4.69, 9.17) is 4.74 Å². The molecule has 0 aliphatic carbocycles. The first-order chi connectivity index (χ1) is 17.0. The van der Waals surface area contributed by atoms with Gasteiger partial charge in [-0.2, -0.15) is 11.3 Å². The van der Waals surface area contributed by atoms with Crippen molar-refractivity contribution in [3.05, 3.63) is 75.7 Å². The second-order valence-corrected chi connectivity index (χ2v) is 10.1. The van der Waals surface area contributed by atoms with Gasteiger partial charge in [0.2, 0.25) is 5.91 Å². The van der Waals surface area contributed by atoms with Crippen LogP contribution < -0.4 is 14.5 Å². The number of fused-ring (bicyclic) bond motifs is 1. The molecule has 1 unspecified atom stereocenters. The number of benzene rings is 2. The highest BCUT2D eigenvalue weighted by Crippen LogP contribution is 2.34. The fourth-order valence-electron chi connectivity index (χ4n) is 5.27. The summed E-state index contributed by atoms with van der Waals surface area (Å²) in [6.45, 7) is 6.62. The van der Waals surface area contributed by atoms with Gasteiger partial charge in [-0.3, -0.25) is 9.69 Å². The quantitative estimate of drug-likeness (QED) is 0.467. The molecule has 2 aliphatic rings. The standard InChI is InChI=1S/C28H32FN3O2S/c1-20(30-11-13-31(14-12-30)26-8-6-24(29)18-27(26)34-2)22-5-7-25-23(17-22)4-3-10-32(25)28(33)16-21-9-15-35-19-21/h5-9,15,17-20H,3-4,10-14,16H2,1-2H3. The first-order valence-electron chi connectivity index (χ1n) is 12.3. The van der Waals surface area contributed by atoms with Gasteiger partial charge in [-0.1, -0.05) is 12.1 Å². The maximum atomic E-state index is 13.6. The Morgan fingerprint density at radius 1 is 1.06 bits per heavy atom. The van der Waals surface area contributed by atoms with Crippen molar-refractivity contribution in [1.29, 1.82) is 0 Å². The molecule has 1 saturated heterocycles. The Bertz CT molecular complexity index is 1170. The summed E-state index contributed by atoms with van der Waals surface area (Å²) in [6, 6.07) is 13.7. The van der Waals surface area contributed by atoms with Gasteiger partial charge in [0.15, 0.2) is 0 Å². The van der Waals surface area contributed by atoms with Crippen molar-refractivity contribution in [3.63, 3.8) is 0 Å². The van der Waals surface area contributed by atoms with Crippen LogP contribution in [0, 0.1) is 5.82 Å². The van der Waals surface area contributed by atoms with Gasteiger partial charge in [-0.15, -0.1) is 0 Å². The number of carbonyl (C=O) groups is 1. The van der Waals surface area contributed by atoms with Crippen molar-refractivity contribution in [2.75, 3.05) is 49.6 Å². The van der Waals surface area contributed by atoms with E-state index in [2.05, 4.69) is 40.3 Å². The molecule has 0 N–H and O–H groups in total. The van der Waals surface area contributed by atoms with E-state index < -0.39 is 0 Å². The lowest BCUT2D eigenvalue weighted by molar-refractivity contribution is -0.118. The second-order valence-electron chi connectivity index (χ2n) is 9.36. The first-order valence-corrected chi connectivity index (χ1v) is 13.2. The predicted octanol–water partition coefficient (Wildman–Crippen LogP) is 5.30. The van der Waals surface area contributed by atoms with Crippen molar-refractivity contribution >= 4 is 28.6 Å². The number of methoxy groups -OCH3 is 1. The molecule has 5 rings (SSSR count). The highest BCUT2D eigenvalue weighted by molar-refractivity contribution is 7.08. The zero-order chi connectivity index (χ0) is 24.4. The van der Waals surface area contributed by atoms with Crippen LogP contribution in [0.1, 0.15) is 36.1 Å². The van der Waals surface area contributed by atoms with Crippen LogP contribution in [0.15, 0.2) is 53.2 Å². The highest BCUT2D eigenvalue weighted by atomic mass is 32.1. The number of nitrogens with zero attached hydrogens (tertiary/aromatic N) is 3. The average Bonchev–Trinajstić information content (AvgIpc) is 3.40. The Labute approximate surface area is 210 Å². The topological polar surface area (TPSA) is 36.0 Å². The maximum absolute atomic E-state index is 13.6. The molecule has 184 valence electrons. The Kier molecular flexibility index (Phi) is 7.07. The minimum absolute atomic E-state index is 0.178. The predicted molar refractivity (Wildman–Crippen MR) is 140 cm³/mol. The molecule has 2 aliphatic heterocycles. The minimum atomic E-state index is -0.281. The van der Waals surface area contributed by atoms with Crippen LogP contribution in [0.5, 0.6) is 5.75 Å². The number of hydrogen-bond donors (Lipinski definition) is 0. The summed E-state index contributed by atoms with van der Waals surface area (Å²) in [5, 5.41) is 4.08. The molecule has 1 amide bonds. The van der Waals surface area contributed by atoms with E-state index in [1.807, 2.05) is 22.4 Å². The summed E-state index contributed by atoms with van der Waals surface area (Å²) in [5.41, 5.74) is 5.68. The number of ether oxygens (including phenoxy) is 1. The molecule has 7 heteroatoms. The van der Waals surface area contributed by atoms with Crippen LogP contribution in [0.4, 0.5) is 15.8 Å². The number of thiophene rings is 1. The summed E-state index contributed by atoms with van der Waals surface area (Å²) < 4.78 is 19.0. The molecule has 1 atom stereocenters. The number of aryl methyl sites for hydroxylation is 1. The van der Waals surface area contributed by atoms with Gasteiger partial charge in [0.1, 0.15) is 11.6 Å². The summed E-state index contributed by atoms with van der Waals surface area (Å²) in [6.07, 6.45) is 2.47. The maximum Gasteiger partial charge on any atom is 0.231 e. The van der Waals surface area contributed by atoms with Crippen LogP contribution in [0.25, 0.3) is 0 Å². The number of amides is 1. The van der Waals surface area contributed by atoms with E-state index in [1.165, 1.54) is 23.3 Å². The zero-order valence-corrected chi connectivity index (χ0v) is 21.2. The molecular weight excluding hydrogens is 461 g/mol. The van der Waals surface area contributed by atoms with Gasteiger partial charge in [0.25, 0.3) is 0 Å². The monoisotopic (exact) mass is 493 g/mol. The second kappa shape index (κ2) is 10.4. The summed E-state index contributed by atoms with van der Waals surface area (Å²) in [5.74, 6) is 0.480. The minimum Gasteiger partial charge on any atom is -0.494 e. The van der Waals surface area contributed by atoms with E-state index in [-0.39, 0.29) is 17.8 Å². The van der Waals surface area contributed by atoms with Crippen LogP contribution in [0.3, 0.4) is 0 Å². The summed E-state index contributed by atoms with van der Waals surface area (Å²) in [4.78, 5) is 19.7. The fourth-order valence-corrected chi connectivity index (χ4v) is 5.94. The molecule has 2 aromatic carbocycles. The molecule has 1 aromatic heterocycles. The van der Waals surface area contributed by atoms with E-state index in [1.54, 1.807) is 18.4 Å². The van der Waals surface area contributed by atoms with E-state index in [0.29, 0.717) is 12.2 Å². The molecule has 35 heavy (non-hydrogen) atoms. The molecule has 1 fully saturated rings. The molecule has 0 bridgehead atoms. The highest BCUT2D eigenvalue weighted by Gasteiger charge is 2.27. The lowest BCUT2D eigenvalue weighted by Gasteiger charge is -2.40. The molecule has 0 spiro atoms. The Balaban J connectivity index is 1.25. The third-order valence-corrected chi connectivity index (χ3v) is 8.02. The average molecular weight is 494 g/mol. The molecule has 0 radical (unpaired) electrons. The molecule has 3 heterocycles. The summed E-state index contributed by atoms with van der Waals surface area (Å²) >= 11 is 1.63. The van der Waals surface area contributed by atoms with Crippen molar-refractivity contribution in [2.45, 2.75) is 32.2 Å². The molecular formula is C28H32FN3O2S. The van der Waals surface area contributed by atoms with Crippen molar-refractivity contribution < 1.29 is 13.9 Å². The largest absolute Gasteiger partial charge is 0.494 e. The Morgan fingerprint density at radius 2 is 1.86 bits per heavy atom. The number of anilines is 2. The van der Waals surface area contributed by atoms with Crippen LogP contribution in [-0.4, -0.2) is 50.6 Å². The third-order valence-electron chi connectivity index (χ3n) is 7.29. The van der Waals surface area contributed by atoms with Crippen LogP contribution >= 0.6 is 11.3 Å². The smallest absolute Gasteiger partial charge is 0.231 e. The third kappa shape index (κ3) is 5.07. The summed E-state index contributed by atoms with van der Waals surface area (Å²) in [7, 11) is 1.59. The number of halogens is 1. The van der Waals surface area contributed by atoms with Crippen LogP contribution in [-0.2, 0) is 17.6 Å². The van der Waals surface area contributed by atoms with E-state index in [9.17, 15) is 9.18 Å². The first kappa shape index (κ1) is 23.8. The Morgan fingerprint density at radius 3 is 2.60 bits per heavy atom. The zero-order valence-electron chi connectivity index (χ0n) is 20.4. The number of piperazine rings is 1. The van der Waals surface area contributed by atoms with Gasteiger partial charge in [0, 0.05) is 50.5 Å².